The van der Waals surface area contributed by atoms with E-state index in [0.717, 1.165) is 25.3 Å². The Hall–Kier alpha value is -1.00. The number of hydrogen-bond acceptors (Lipinski definition) is 2. The van der Waals surface area contributed by atoms with Gasteiger partial charge < -0.3 is 10.4 Å². The molecular weight excluding hydrogens is 248 g/mol. The van der Waals surface area contributed by atoms with Crippen molar-refractivity contribution in [3.8, 4) is 0 Å². The lowest BCUT2D eigenvalue weighted by molar-refractivity contribution is 0.163. The standard InChI is InChI=1S/C15H23F2NO/c1-3-15(4-2,8-9-19)11-18-10-12-6-5-7-13(16)14(12)17/h5-7,18-19H,3-4,8-11H2,1-2H3. The van der Waals surface area contributed by atoms with Crippen LogP contribution in [-0.2, 0) is 6.54 Å². The van der Waals surface area contributed by atoms with Crippen molar-refractivity contribution in [2.24, 2.45) is 5.41 Å². The molecule has 0 fully saturated rings. The maximum Gasteiger partial charge on any atom is 0.163 e. The summed E-state index contributed by atoms with van der Waals surface area (Å²) >= 11 is 0. The Balaban J connectivity index is 2.59. The average molecular weight is 271 g/mol. The van der Waals surface area contributed by atoms with Crippen LogP contribution in [0.25, 0.3) is 0 Å². The number of nitrogens with one attached hydrogen (secondary N) is 1. The lowest BCUT2D eigenvalue weighted by atomic mass is 9.79. The topological polar surface area (TPSA) is 32.3 Å². The smallest absolute Gasteiger partial charge is 0.163 e. The number of rotatable bonds is 8. The fraction of sp³-hybridized carbons (Fsp3) is 0.600. The van der Waals surface area contributed by atoms with Gasteiger partial charge in [0.2, 0.25) is 0 Å². The van der Waals surface area contributed by atoms with Gasteiger partial charge in [-0.1, -0.05) is 26.0 Å². The van der Waals surface area contributed by atoms with E-state index in [-0.39, 0.29) is 12.0 Å². The first kappa shape index (κ1) is 16.1. The normalized spacial score (nSPS) is 11.8. The maximum atomic E-state index is 13.5. The van der Waals surface area contributed by atoms with Crippen molar-refractivity contribution in [1.82, 2.24) is 5.32 Å². The summed E-state index contributed by atoms with van der Waals surface area (Å²) in [5.74, 6) is -1.59. The zero-order valence-corrected chi connectivity index (χ0v) is 11.7. The summed E-state index contributed by atoms with van der Waals surface area (Å²) in [6.07, 6.45) is 2.62. The molecule has 0 radical (unpaired) electrons. The highest BCUT2D eigenvalue weighted by molar-refractivity contribution is 5.18. The number of aliphatic hydroxyl groups excluding tert-OH is 1. The highest BCUT2D eigenvalue weighted by atomic mass is 19.2. The van der Waals surface area contributed by atoms with Crippen molar-refractivity contribution in [2.45, 2.75) is 39.7 Å². The molecule has 0 saturated heterocycles. The van der Waals surface area contributed by atoms with E-state index < -0.39 is 11.6 Å². The number of aliphatic hydroxyl groups is 1. The Kier molecular flexibility index (Phi) is 6.38. The Labute approximate surface area is 113 Å². The molecule has 0 heterocycles. The van der Waals surface area contributed by atoms with Gasteiger partial charge in [0.25, 0.3) is 0 Å². The molecule has 108 valence electrons. The third-order valence-corrected chi connectivity index (χ3v) is 3.99. The molecule has 1 aromatic carbocycles. The quantitative estimate of drug-likeness (QED) is 0.760. The fourth-order valence-corrected chi connectivity index (χ4v) is 2.33. The summed E-state index contributed by atoms with van der Waals surface area (Å²) in [6.45, 7) is 5.32. The Bertz CT molecular complexity index is 392. The number of halogens is 2. The molecular formula is C15H23F2NO. The van der Waals surface area contributed by atoms with E-state index in [1.54, 1.807) is 6.07 Å². The molecule has 0 bridgehead atoms. The summed E-state index contributed by atoms with van der Waals surface area (Å²) in [4.78, 5) is 0. The molecule has 1 rings (SSSR count). The summed E-state index contributed by atoms with van der Waals surface area (Å²) in [7, 11) is 0. The van der Waals surface area contributed by atoms with Crippen LogP contribution in [0.5, 0.6) is 0 Å². The van der Waals surface area contributed by atoms with Gasteiger partial charge in [0.05, 0.1) is 0 Å². The minimum atomic E-state index is -0.813. The summed E-state index contributed by atoms with van der Waals surface area (Å²) in [6, 6.07) is 4.21. The van der Waals surface area contributed by atoms with Crippen LogP contribution in [0.15, 0.2) is 18.2 Å². The molecule has 4 heteroatoms. The van der Waals surface area contributed by atoms with Crippen LogP contribution in [0.3, 0.4) is 0 Å². The van der Waals surface area contributed by atoms with Crippen molar-refractivity contribution >= 4 is 0 Å². The fourth-order valence-electron chi connectivity index (χ4n) is 2.33. The summed E-state index contributed by atoms with van der Waals surface area (Å²) in [5.41, 5.74) is 0.364. The molecule has 0 saturated carbocycles. The molecule has 2 N–H and O–H groups in total. The zero-order valence-electron chi connectivity index (χ0n) is 11.7. The van der Waals surface area contributed by atoms with Gasteiger partial charge in [0, 0.05) is 25.3 Å². The SMILES string of the molecule is CCC(CC)(CCO)CNCc1cccc(F)c1F. The second kappa shape index (κ2) is 7.56. The van der Waals surface area contributed by atoms with E-state index >= 15 is 0 Å². The third-order valence-electron chi connectivity index (χ3n) is 3.99. The van der Waals surface area contributed by atoms with Gasteiger partial charge in [-0.3, -0.25) is 0 Å². The second-order valence-corrected chi connectivity index (χ2v) is 5.00. The first-order valence-corrected chi connectivity index (χ1v) is 6.83. The van der Waals surface area contributed by atoms with E-state index in [1.165, 1.54) is 6.07 Å². The molecule has 19 heavy (non-hydrogen) atoms. The highest BCUT2D eigenvalue weighted by Crippen LogP contribution is 2.29. The first-order chi connectivity index (χ1) is 9.08. The Morgan fingerprint density at radius 2 is 1.89 bits per heavy atom. The van der Waals surface area contributed by atoms with E-state index in [2.05, 4.69) is 19.2 Å². The van der Waals surface area contributed by atoms with Crippen LogP contribution in [0, 0.1) is 17.0 Å². The predicted octanol–water partition coefficient (Wildman–Crippen LogP) is 3.24. The van der Waals surface area contributed by atoms with Crippen LogP contribution in [0.4, 0.5) is 8.78 Å². The molecule has 0 aromatic heterocycles. The van der Waals surface area contributed by atoms with E-state index in [0.29, 0.717) is 18.7 Å². The Morgan fingerprint density at radius 1 is 1.21 bits per heavy atom. The minimum absolute atomic E-state index is 0.0263. The number of benzene rings is 1. The molecule has 0 aliphatic carbocycles. The van der Waals surface area contributed by atoms with Gasteiger partial charge in [-0.25, -0.2) is 8.78 Å². The molecule has 1 aromatic rings. The Morgan fingerprint density at radius 3 is 2.47 bits per heavy atom. The van der Waals surface area contributed by atoms with Crippen molar-refractivity contribution in [3.05, 3.63) is 35.4 Å². The summed E-state index contributed by atoms with van der Waals surface area (Å²) in [5, 5.41) is 12.3. The lowest BCUT2D eigenvalue weighted by Gasteiger charge is -2.31. The highest BCUT2D eigenvalue weighted by Gasteiger charge is 2.25. The van der Waals surface area contributed by atoms with Crippen molar-refractivity contribution in [1.29, 1.82) is 0 Å². The van der Waals surface area contributed by atoms with Crippen molar-refractivity contribution < 1.29 is 13.9 Å². The molecule has 0 unspecified atom stereocenters. The predicted molar refractivity (Wildman–Crippen MR) is 72.8 cm³/mol. The summed E-state index contributed by atoms with van der Waals surface area (Å²) < 4.78 is 26.5. The molecule has 0 aliphatic heterocycles. The van der Waals surface area contributed by atoms with Crippen LogP contribution in [0.2, 0.25) is 0 Å². The van der Waals surface area contributed by atoms with Crippen molar-refractivity contribution in [3.63, 3.8) is 0 Å². The lowest BCUT2D eigenvalue weighted by Crippen LogP contribution is -2.34. The third kappa shape index (κ3) is 4.25. The molecule has 0 spiro atoms. The van der Waals surface area contributed by atoms with Crippen LogP contribution >= 0.6 is 0 Å². The van der Waals surface area contributed by atoms with Gasteiger partial charge in [-0.15, -0.1) is 0 Å². The monoisotopic (exact) mass is 271 g/mol. The first-order valence-electron chi connectivity index (χ1n) is 6.83. The van der Waals surface area contributed by atoms with Crippen LogP contribution in [0.1, 0.15) is 38.7 Å². The van der Waals surface area contributed by atoms with E-state index in [9.17, 15) is 8.78 Å². The van der Waals surface area contributed by atoms with Crippen molar-refractivity contribution in [2.75, 3.05) is 13.2 Å². The number of hydrogen-bond donors (Lipinski definition) is 2. The largest absolute Gasteiger partial charge is 0.396 e. The van der Waals surface area contributed by atoms with Crippen LogP contribution in [-0.4, -0.2) is 18.3 Å². The minimum Gasteiger partial charge on any atom is -0.396 e. The van der Waals surface area contributed by atoms with Gasteiger partial charge in [0.15, 0.2) is 11.6 Å². The molecule has 0 atom stereocenters. The van der Waals surface area contributed by atoms with Gasteiger partial charge in [-0.2, -0.15) is 0 Å². The molecule has 0 aliphatic rings. The maximum absolute atomic E-state index is 13.5. The van der Waals surface area contributed by atoms with E-state index in [4.69, 9.17) is 5.11 Å². The van der Waals surface area contributed by atoms with Crippen LogP contribution < -0.4 is 5.32 Å². The van der Waals surface area contributed by atoms with Gasteiger partial charge in [-0.05, 0) is 30.7 Å². The second-order valence-electron chi connectivity index (χ2n) is 5.00. The van der Waals surface area contributed by atoms with Gasteiger partial charge >= 0.3 is 0 Å². The molecule has 2 nitrogen and oxygen atoms in total. The molecule has 0 amide bonds. The average Bonchev–Trinajstić information content (AvgIpc) is 2.42. The van der Waals surface area contributed by atoms with Gasteiger partial charge in [0.1, 0.15) is 0 Å². The zero-order chi connectivity index (χ0) is 14.3. The van der Waals surface area contributed by atoms with E-state index in [1.807, 2.05) is 0 Å².